The fraction of sp³-hybridized carbons (Fsp3) is 0.300. The highest BCUT2D eigenvalue weighted by Crippen LogP contribution is 2.25. The molecule has 0 radical (unpaired) electrons. The van der Waals surface area contributed by atoms with Gasteiger partial charge in [-0.1, -0.05) is 18.5 Å². The minimum Gasteiger partial charge on any atom is -0.450 e. The first kappa shape index (κ1) is 20.4. The lowest BCUT2D eigenvalue weighted by Crippen LogP contribution is -2.22. The first-order chi connectivity index (χ1) is 13.5. The van der Waals surface area contributed by atoms with E-state index in [0.29, 0.717) is 17.8 Å². The van der Waals surface area contributed by atoms with Crippen LogP contribution in [0.3, 0.4) is 0 Å². The Morgan fingerprint density at radius 3 is 2.71 bits per heavy atom. The summed E-state index contributed by atoms with van der Waals surface area (Å²) in [6, 6.07) is 10.7. The average molecular weight is 421 g/mol. The van der Waals surface area contributed by atoms with Gasteiger partial charge in [-0.3, -0.25) is 10.2 Å². The Morgan fingerprint density at radius 1 is 1.21 bits per heavy atom. The lowest BCUT2D eigenvalue weighted by Gasteiger charge is -2.20. The molecule has 0 bridgehead atoms. The van der Waals surface area contributed by atoms with Crippen LogP contribution in [0.5, 0.6) is 0 Å². The normalized spacial score (nSPS) is 11.1. The Labute approximate surface area is 171 Å². The molecule has 0 saturated heterocycles. The number of benzene rings is 1. The predicted octanol–water partition coefficient (Wildman–Crippen LogP) is 5.10. The van der Waals surface area contributed by atoms with Crippen molar-refractivity contribution in [1.29, 1.82) is 0 Å². The Kier molecular flexibility index (Phi) is 6.72. The van der Waals surface area contributed by atoms with Gasteiger partial charge in [-0.05, 0) is 43.3 Å². The van der Waals surface area contributed by atoms with Gasteiger partial charge >= 0.3 is 11.7 Å². The van der Waals surface area contributed by atoms with Gasteiger partial charge in [0.25, 0.3) is 0 Å². The van der Waals surface area contributed by atoms with Crippen LogP contribution in [-0.4, -0.2) is 24.1 Å². The first-order valence-corrected chi connectivity index (χ1v) is 10.1. The second-order valence-corrected chi connectivity index (χ2v) is 7.96. The Balaban J connectivity index is 1.85. The van der Waals surface area contributed by atoms with E-state index in [1.807, 2.05) is 18.2 Å². The van der Waals surface area contributed by atoms with Gasteiger partial charge in [0.15, 0.2) is 0 Å². The molecule has 28 heavy (non-hydrogen) atoms. The van der Waals surface area contributed by atoms with Crippen molar-refractivity contribution in [3.8, 4) is 0 Å². The second-order valence-electron chi connectivity index (χ2n) is 6.16. The van der Waals surface area contributed by atoms with Crippen LogP contribution in [0.2, 0.25) is 4.34 Å². The van der Waals surface area contributed by atoms with Crippen LogP contribution >= 0.6 is 22.9 Å². The molecule has 1 N–H and O–H groups in total. The summed E-state index contributed by atoms with van der Waals surface area (Å²) in [5, 5.41) is 3.45. The lowest BCUT2D eigenvalue weighted by molar-refractivity contribution is 0.168. The van der Waals surface area contributed by atoms with E-state index in [1.165, 1.54) is 10.9 Å². The maximum atomic E-state index is 12.1. The molecule has 0 aliphatic rings. The Hall–Kier alpha value is -2.35. The number of hydrogen-bond acceptors (Lipinski definition) is 6. The Morgan fingerprint density at radius 2 is 2.04 bits per heavy atom. The van der Waals surface area contributed by atoms with E-state index in [-0.39, 0.29) is 6.61 Å². The first-order valence-electron chi connectivity index (χ1n) is 8.95. The molecule has 148 valence electrons. The summed E-state index contributed by atoms with van der Waals surface area (Å²) >= 11 is 7.58. The van der Waals surface area contributed by atoms with Gasteiger partial charge in [-0.15, -0.1) is 11.3 Å². The molecule has 1 amide bonds. The van der Waals surface area contributed by atoms with Crippen LogP contribution < -0.4 is 10.9 Å². The molecule has 2 aromatic heterocycles. The molecule has 0 fully saturated rings. The summed E-state index contributed by atoms with van der Waals surface area (Å²) in [6.45, 7) is 6.25. The summed E-state index contributed by atoms with van der Waals surface area (Å²) in [7, 11) is 0. The molecule has 6 nitrogen and oxygen atoms in total. The number of nitrogens with one attached hydrogen (secondary N) is 1. The van der Waals surface area contributed by atoms with Gasteiger partial charge in [0.2, 0.25) is 0 Å². The molecule has 0 atom stereocenters. The summed E-state index contributed by atoms with van der Waals surface area (Å²) < 4.78 is 11.0. The van der Waals surface area contributed by atoms with E-state index in [1.54, 1.807) is 30.4 Å². The molecule has 3 rings (SSSR count). The molecular formula is C20H21ClN2O4S. The molecule has 8 heteroatoms. The van der Waals surface area contributed by atoms with Crippen molar-refractivity contribution in [3.63, 3.8) is 0 Å². The number of fused-ring (bicyclic) bond motifs is 1. The van der Waals surface area contributed by atoms with Crippen molar-refractivity contribution in [2.24, 2.45) is 0 Å². The zero-order chi connectivity index (χ0) is 20.1. The fourth-order valence-corrected chi connectivity index (χ4v) is 4.03. The maximum Gasteiger partial charge on any atom is 0.411 e. The molecule has 2 heterocycles. The summed E-state index contributed by atoms with van der Waals surface area (Å²) in [6.07, 6.45) is -0.549. The number of anilines is 1. The molecule has 1 aromatic carbocycles. The number of rotatable bonds is 7. The van der Waals surface area contributed by atoms with Crippen molar-refractivity contribution >= 4 is 45.7 Å². The molecular weight excluding hydrogens is 400 g/mol. The molecule has 0 unspecified atom stereocenters. The van der Waals surface area contributed by atoms with Crippen LogP contribution in [0.4, 0.5) is 10.5 Å². The standard InChI is InChI=1S/C20H21ClN2O4S/c1-3-23(12-15-6-8-18(21)28-15)11-13-9-19(24)27-17-10-14(5-7-16(13)17)22-20(25)26-4-2/h5-10H,3-4,11-12H2,1-2H3,(H,22,25). The van der Waals surface area contributed by atoms with Crippen LogP contribution in [0.15, 0.2) is 45.6 Å². The highest BCUT2D eigenvalue weighted by atomic mass is 35.5. The molecule has 0 aliphatic heterocycles. The molecule has 0 spiro atoms. The third-order valence-corrected chi connectivity index (χ3v) is 5.42. The number of hydrogen-bond donors (Lipinski definition) is 1. The molecule has 0 aliphatic carbocycles. The number of thiophene rings is 1. The lowest BCUT2D eigenvalue weighted by atomic mass is 10.1. The van der Waals surface area contributed by atoms with Crippen molar-refractivity contribution in [3.05, 3.63) is 61.6 Å². The fourth-order valence-electron chi connectivity index (χ4n) is 2.90. The minimum absolute atomic E-state index is 0.279. The van der Waals surface area contributed by atoms with E-state index < -0.39 is 11.7 Å². The van der Waals surface area contributed by atoms with Crippen molar-refractivity contribution in [1.82, 2.24) is 4.90 Å². The SMILES string of the molecule is CCOC(=O)Nc1ccc2c(CN(CC)Cc3ccc(Cl)s3)cc(=O)oc2c1. The van der Waals surface area contributed by atoms with Crippen LogP contribution in [0.1, 0.15) is 24.3 Å². The third-order valence-electron chi connectivity index (χ3n) is 4.20. The van der Waals surface area contributed by atoms with Crippen molar-refractivity contribution in [2.45, 2.75) is 26.9 Å². The van der Waals surface area contributed by atoms with Crippen LogP contribution in [-0.2, 0) is 17.8 Å². The average Bonchev–Trinajstić information content (AvgIpc) is 3.05. The quantitative estimate of drug-likeness (QED) is 0.538. The van der Waals surface area contributed by atoms with Gasteiger partial charge in [-0.2, -0.15) is 0 Å². The highest BCUT2D eigenvalue weighted by Gasteiger charge is 2.13. The highest BCUT2D eigenvalue weighted by molar-refractivity contribution is 7.16. The van der Waals surface area contributed by atoms with E-state index in [2.05, 4.69) is 17.1 Å². The van der Waals surface area contributed by atoms with Crippen molar-refractivity contribution < 1.29 is 13.9 Å². The topological polar surface area (TPSA) is 71.8 Å². The number of nitrogens with zero attached hydrogens (tertiary/aromatic N) is 1. The van der Waals surface area contributed by atoms with E-state index >= 15 is 0 Å². The largest absolute Gasteiger partial charge is 0.450 e. The summed E-state index contributed by atoms with van der Waals surface area (Å²) in [5.41, 5.74) is 1.38. The smallest absolute Gasteiger partial charge is 0.411 e. The minimum atomic E-state index is -0.549. The monoisotopic (exact) mass is 420 g/mol. The molecule has 3 aromatic rings. The van der Waals surface area contributed by atoms with Gasteiger partial charge in [0.1, 0.15) is 5.58 Å². The van der Waals surface area contributed by atoms with Crippen LogP contribution in [0, 0.1) is 0 Å². The Bertz CT molecular complexity index is 1030. The zero-order valence-corrected chi connectivity index (χ0v) is 17.2. The summed E-state index contributed by atoms with van der Waals surface area (Å²) in [5.74, 6) is 0. The third kappa shape index (κ3) is 5.13. The van der Waals surface area contributed by atoms with E-state index in [9.17, 15) is 9.59 Å². The number of halogens is 1. The molecule has 0 saturated carbocycles. The van der Waals surface area contributed by atoms with E-state index in [4.69, 9.17) is 20.8 Å². The summed E-state index contributed by atoms with van der Waals surface area (Å²) in [4.78, 5) is 27.1. The van der Waals surface area contributed by atoms with Gasteiger partial charge in [0.05, 0.1) is 10.9 Å². The zero-order valence-electron chi connectivity index (χ0n) is 15.7. The number of ether oxygens (including phenoxy) is 1. The second kappa shape index (κ2) is 9.23. The maximum absolute atomic E-state index is 12.1. The van der Waals surface area contributed by atoms with Gasteiger partial charge in [0, 0.05) is 41.2 Å². The number of carbonyl (C=O) groups excluding carboxylic acids is 1. The van der Waals surface area contributed by atoms with Gasteiger partial charge < -0.3 is 9.15 Å². The predicted molar refractivity (Wildman–Crippen MR) is 112 cm³/mol. The van der Waals surface area contributed by atoms with Crippen molar-refractivity contribution in [2.75, 3.05) is 18.5 Å². The van der Waals surface area contributed by atoms with Crippen LogP contribution in [0.25, 0.3) is 11.0 Å². The number of amides is 1. The van der Waals surface area contributed by atoms with Gasteiger partial charge in [-0.25, -0.2) is 9.59 Å². The number of carbonyl (C=O) groups is 1. The van der Waals surface area contributed by atoms with E-state index in [0.717, 1.165) is 28.4 Å².